The molecule has 1 aromatic heterocycles. The second-order valence-electron chi connectivity index (χ2n) is 7.35. The Hall–Kier alpha value is -3.18. The number of allylic oxidation sites excluding steroid dienone is 2. The third-order valence-corrected chi connectivity index (χ3v) is 5.13. The highest BCUT2D eigenvalue weighted by Gasteiger charge is 2.32. The zero-order chi connectivity index (χ0) is 21.9. The highest BCUT2D eigenvalue weighted by molar-refractivity contribution is 5.82. The van der Waals surface area contributed by atoms with E-state index >= 15 is 4.39 Å². The van der Waals surface area contributed by atoms with Gasteiger partial charge in [0.05, 0.1) is 10.9 Å². The van der Waals surface area contributed by atoms with Gasteiger partial charge in [0.25, 0.3) is 0 Å². The SMILES string of the molecule is C=CCC(F)(C(=C)C)c1ccc(-c2cc(=O)c3cccc(C)c3o2)c(OCCN)c1. The van der Waals surface area contributed by atoms with Crippen LogP contribution in [0.15, 0.2) is 76.5 Å². The van der Waals surface area contributed by atoms with E-state index in [0.29, 0.717) is 45.7 Å². The van der Waals surface area contributed by atoms with Crippen molar-refractivity contribution >= 4 is 11.0 Å². The summed E-state index contributed by atoms with van der Waals surface area (Å²) in [5.41, 5.74) is 6.35. The van der Waals surface area contributed by atoms with E-state index in [4.69, 9.17) is 14.9 Å². The van der Waals surface area contributed by atoms with Gasteiger partial charge in [0.2, 0.25) is 0 Å². The molecule has 0 aliphatic heterocycles. The van der Waals surface area contributed by atoms with Gasteiger partial charge in [-0.1, -0.05) is 30.9 Å². The summed E-state index contributed by atoms with van der Waals surface area (Å²) in [4.78, 5) is 12.6. The van der Waals surface area contributed by atoms with Crippen LogP contribution in [0.4, 0.5) is 4.39 Å². The lowest BCUT2D eigenvalue weighted by Crippen LogP contribution is -2.21. The number of para-hydroxylation sites is 1. The van der Waals surface area contributed by atoms with Gasteiger partial charge in [-0.25, -0.2) is 4.39 Å². The number of fused-ring (bicyclic) bond motifs is 1. The van der Waals surface area contributed by atoms with E-state index < -0.39 is 5.67 Å². The van der Waals surface area contributed by atoms with Crippen molar-refractivity contribution in [3.05, 3.63) is 88.6 Å². The molecule has 5 heteroatoms. The van der Waals surface area contributed by atoms with Crippen LogP contribution in [0.1, 0.15) is 24.5 Å². The Labute approximate surface area is 175 Å². The summed E-state index contributed by atoms with van der Waals surface area (Å²) in [6.07, 6.45) is 1.61. The van der Waals surface area contributed by atoms with Crippen molar-refractivity contribution in [3.8, 4) is 17.1 Å². The fraction of sp³-hybridized carbons (Fsp3) is 0.240. The molecule has 1 atom stereocenters. The molecule has 3 rings (SSSR count). The van der Waals surface area contributed by atoms with Crippen LogP contribution in [-0.4, -0.2) is 13.2 Å². The first-order chi connectivity index (χ1) is 14.3. The first-order valence-corrected chi connectivity index (χ1v) is 9.79. The number of nitrogens with two attached hydrogens (primary N) is 1. The Bertz CT molecular complexity index is 1160. The van der Waals surface area contributed by atoms with Gasteiger partial charge in [-0.3, -0.25) is 4.79 Å². The average Bonchev–Trinajstić information content (AvgIpc) is 2.72. The summed E-state index contributed by atoms with van der Waals surface area (Å²) in [5, 5.41) is 0.510. The van der Waals surface area contributed by atoms with Crippen molar-refractivity contribution in [3.63, 3.8) is 0 Å². The molecule has 2 N–H and O–H groups in total. The summed E-state index contributed by atoms with van der Waals surface area (Å²) in [7, 11) is 0. The quantitative estimate of drug-likeness (QED) is 0.506. The summed E-state index contributed by atoms with van der Waals surface area (Å²) in [5.74, 6) is 0.741. The number of alkyl halides is 1. The third-order valence-electron chi connectivity index (χ3n) is 5.13. The highest BCUT2D eigenvalue weighted by Crippen LogP contribution is 2.41. The standard InChI is InChI=1S/C25H26FNO3/c1-5-11-25(26,16(2)3)18-9-10-20(22(14-18)29-13-12-27)23-15-21(28)19-8-6-7-17(4)24(19)30-23/h5-10,14-15H,1-2,11-13,27H2,3-4H3. The topological polar surface area (TPSA) is 65.5 Å². The lowest BCUT2D eigenvalue weighted by atomic mass is 9.85. The number of ether oxygens (including phenoxy) is 1. The van der Waals surface area contributed by atoms with Crippen LogP contribution in [-0.2, 0) is 5.67 Å². The van der Waals surface area contributed by atoms with Gasteiger partial charge < -0.3 is 14.9 Å². The Morgan fingerprint density at radius 3 is 2.73 bits per heavy atom. The van der Waals surface area contributed by atoms with E-state index in [0.717, 1.165) is 5.56 Å². The van der Waals surface area contributed by atoms with Crippen molar-refractivity contribution < 1.29 is 13.5 Å². The van der Waals surface area contributed by atoms with Gasteiger partial charge in [-0.15, -0.1) is 6.58 Å². The molecule has 3 aromatic rings. The molecule has 0 saturated heterocycles. The van der Waals surface area contributed by atoms with Gasteiger partial charge in [-0.2, -0.15) is 0 Å². The molecule has 0 radical (unpaired) electrons. The zero-order valence-electron chi connectivity index (χ0n) is 17.3. The monoisotopic (exact) mass is 407 g/mol. The zero-order valence-corrected chi connectivity index (χ0v) is 17.3. The fourth-order valence-electron chi connectivity index (χ4n) is 3.45. The Kier molecular flexibility index (Phi) is 6.22. The van der Waals surface area contributed by atoms with Crippen LogP contribution in [0.25, 0.3) is 22.3 Å². The number of benzene rings is 2. The molecule has 0 aliphatic rings. The minimum absolute atomic E-state index is 0.0856. The van der Waals surface area contributed by atoms with Gasteiger partial charge in [0.1, 0.15) is 23.7 Å². The van der Waals surface area contributed by atoms with E-state index in [1.807, 2.05) is 19.1 Å². The van der Waals surface area contributed by atoms with Gasteiger partial charge in [-0.05, 0) is 48.7 Å². The molecule has 1 heterocycles. The van der Waals surface area contributed by atoms with E-state index in [2.05, 4.69) is 13.2 Å². The fourth-order valence-corrected chi connectivity index (χ4v) is 3.45. The summed E-state index contributed by atoms with van der Waals surface area (Å²) in [6, 6.07) is 11.8. The molecule has 2 aromatic carbocycles. The molecular weight excluding hydrogens is 381 g/mol. The maximum Gasteiger partial charge on any atom is 0.193 e. The number of aryl methyl sites for hydroxylation is 1. The molecular formula is C25H26FNO3. The van der Waals surface area contributed by atoms with Crippen molar-refractivity contribution in [1.82, 2.24) is 0 Å². The second-order valence-corrected chi connectivity index (χ2v) is 7.35. The van der Waals surface area contributed by atoms with E-state index in [9.17, 15) is 4.79 Å². The van der Waals surface area contributed by atoms with Gasteiger partial charge >= 0.3 is 0 Å². The maximum atomic E-state index is 15.7. The van der Waals surface area contributed by atoms with E-state index in [-0.39, 0.29) is 18.5 Å². The van der Waals surface area contributed by atoms with Crippen LogP contribution in [0.5, 0.6) is 5.75 Å². The largest absolute Gasteiger partial charge is 0.491 e. The highest BCUT2D eigenvalue weighted by atomic mass is 19.1. The first kappa shape index (κ1) is 21.5. The molecule has 0 amide bonds. The van der Waals surface area contributed by atoms with Crippen LogP contribution >= 0.6 is 0 Å². The van der Waals surface area contributed by atoms with E-state index in [1.165, 1.54) is 12.1 Å². The molecule has 1 unspecified atom stereocenters. The average molecular weight is 407 g/mol. The second kappa shape index (κ2) is 8.67. The van der Waals surface area contributed by atoms with Crippen molar-refractivity contribution in [2.45, 2.75) is 25.9 Å². The van der Waals surface area contributed by atoms with Crippen LogP contribution in [0.2, 0.25) is 0 Å². The number of hydrogen-bond donors (Lipinski definition) is 1. The minimum Gasteiger partial charge on any atom is -0.491 e. The predicted molar refractivity (Wildman–Crippen MR) is 120 cm³/mol. The van der Waals surface area contributed by atoms with Gasteiger partial charge in [0.15, 0.2) is 11.1 Å². The third kappa shape index (κ3) is 3.94. The maximum absolute atomic E-state index is 15.7. The Morgan fingerprint density at radius 2 is 2.07 bits per heavy atom. The number of hydrogen-bond acceptors (Lipinski definition) is 4. The summed E-state index contributed by atoms with van der Waals surface area (Å²) in [6.45, 7) is 11.5. The predicted octanol–water partition coefficient (Wildman–Crippen LogP) is 5.42. The molecule has 0 fully saturated rings. The minimum atomic E-state index is -1.78. The molecule has 156 valence electrons. The number of rotatable bonds is 8. The molecule has 0 saturated carbocycles. The van der Waals surface area contributed by atoms with Crippen LogP contribution in [0.3, 0.4) is 0 Å². The van der Waals surface area contributed by atoms with E-state index in [1.54, 1.807) is 31.2 Å². The van der Waals surface area contributed by atoms with Gasteiger partial charge in [0, 0.05) is 19.0 Å². The summed E-state index contributed by atoms with van der Waals surface area (Å²) < 4.78 is 27.6. The Morgan fingerprint density at radius 1 is 1.30 bits per heavy atom. The lowest BCUT2D eigenvalue weighted by molar-refractivity contribution is 0.219. The van der Waals surface area contributed by atoms with Crippen LogP contribution < -0.4 is 15.9 Å². The summed E-state index contributed by atoms with van der Waals surface area (Å²) >= 11 is 0. The van der Waals surface area contributed by atoms with Crippen molar-refractivity contribution in [2.24, 2.45) is 5.73 Å². The molecule has 4 nitrogen and oxygen atoms in total. The molecule has 0 bridgehead atoms. The first-order valence-electron chi connectivity index (χ1n) is 9.79. The van der Waals surface area contributed by atoms with Crippen LogP contribution in [0, 0.1) is 6.92 Å². The van der Waals surface area contributed by atoms with Crippen molar-refractivity contribution in [1.29, 1.82) is 0 Å². The number of halogens is 1. The lowest BCUT2D eigenvalue weighted by Gasteiger charge is -2.26. The normalized spacial score (nSPS) is 13.1. The smallest absolute Gasteiger partial charge is 0.193 e. The molecule has 0 aliphatic carbocycles. The molecule has 0 spiro atoms. The molecule has 30 heavy (non-hydrogen) atoms. The van der Waals surface area contributed by atoms with Crippen molar-refractivity contribution in [2.75, 3.05) is 13.2 Å². The Balaban J connectivity index is 2.21.